The first-order valence-corrected chi connectivity index (χ1v) is 11.3. The molecule has 3 fully saturated rings. The third-order valence-corrected chi connectivity index (χ3v) is 6.99. The van der Waals surface area contributed by atoms with Gasteiger partial charge >= 0.3 is 0 Å². The molecular weight excluding hydrogens is 376 g/mol. The zero-order valence-corrected chi connectivity index (χ0v) is 17.4. The molecule has 3 heterocycles. The highest BCUT2D eigenvalue weighted by atomic mass is 32.1. The van der Waals surface area contributed by atoms with Crippen molar-refractivity contribution in [2.24, 2.45) is 11.8 Å². The molecular formula is C20H30N4O3S. The van der Waals surface area contributed by atoms with Gasteiger partial charge in [-0.15, -0.1) is 11.3 Å². The lowest BCUT2D eigenvalue weighted by Gasteiger charge is -2.38. The maximum atomic E-state index is 12.3. The average Bonchev–Trinajstić information content (AvgIpc) is 3.41. The van der Waals surface area contributed by atoms with Crippen molar-refractivity contribution in [1.29, 1.82) is 0 Å². The molecule has 1 aromatic rings. The summed E-state index contributed by atoms with van der Waals surface area (Å²) in [7, 11) is 0. The maximum Gasteiger partial charge on any atom is 0.263 e. The van der Waals surface area contributed by atoms with Crippen LogP contribution in [0.4, 0.5) is 0 Å². The minimum Gasteiger partial charge on any atom is -0.365 e. The number of hydrogen-bond acceptors (Lipinski definition) is 6. The first-order valence-electron chi connectivity index (χ1n) is 10.4. The van der Waals surface area contributed by atoms with E-state index >= 15 is 0 Å². The Morgan fingerprint density at radius 3 is 2.68 bits per heavy atom. The van der Waals surface area contributed by atoms with Gasteiger partial charge in [0.1, 0.15) is 11.5 Å². The summed E-state index contributed by atoms with van der Waals surface area (Å²) in [4.78, 5) is 33.9. The van der Waals surface area contributed by atoms with E-state index in [1.165, 1.54) is 43.6 Å². The highest BCUT2D eigenvalue weighted by Gasteiger charge is 2.31. The van der Waals surface area contributed by atoms with Crippen LogP contribution in [0.2, 0.25) is 0 Å². The normalized spacial score (nSPS) is 24.5. The number of carbonyl (C=O) groups excluding carboxylic acids is 2. The Morgan fingerprint density at radius 1 is 1.25 bits per heavy atom. The van der Waals surface area contributed by atoms with E-state index in [0.29, 0.717) is 23.9 Å². The molecule has 4 rings (SSSR count). The van der Waals surface area contributed by atoms with Crippen LogP contribution in [0, 0.1) is 18.8 Å². The van der Waals surface area contributed by atoms with Gasteiger partial charge in [0.2, 0.25) is 5.91 Å². The third kappa shape index (κ3) is 5.10. The largest absolute Gasteiger partial charge is 0.365 e. The summed E-state index contributed by atoms with van der Waals surface area (Å²) in [6, 6.07) is 0. The number of amides is 2. The number of morpholine rings is 1. The van der Waals surface area contributed by atoms with E-state index in [-0.39, 0.29) is 24.5 Å². The molecule has 28 heavy (non-hydrogen) atoms. The molecule has 0 radical (unpaired) electrons. The second-order valence-corrected chi connectivity index (χ2v) is 9.25. The quantitative estimate of drug-likeness (QED) is 0.743. The van der Waals surface area contributed by atoms with E-state index in [0.717, 1.165) is 31.2 Å². The van der Waals surface area contributed by atoms with Crippen molar-refractivity contribution in [2.45, 2.75) is 38.7 Å². The van der Waals surface area contributed by atoms with Gasteiger partial charge in [0.05, 0.1) is 17.3 Å². The lowest BCUT2D eigenvalue weighted by atomic mass is 9.95. The fourth-order valence-corrected chi connectivity index (χ4v) is 4.83. The summed E-state index contributed by atoms with van der Waals surface area (Å²) in [6.07, 6.45) is 5.00. The van der Waals surface area contributed by atoms with Gasteiger partial charge in [0, 0.05) is 26.2 Å². The molecule has 3 aliphatic rings. The zero-order valence-electron chi connectivity index (χ0n) is 16.6. The van der Waals surface area contributed by atoms with Crippen LogP contribution in [0.5, 0.6) is 0 Å². The second-order valence-electron chi connectivity index (χ2n) is 8.40. The van der Waals surface area contributed by atoms with Gasteiger partial charge in [-0.3, -0.25) is 9.59 Å². The molecule has 0 bridgehead atoms. The molecule has 1 saturated carbocycles. The number of hydrogen-bond donors (Lipinski definition) is 1. The van der Waals surface area contributed by atoms with Gasteiger partial charge in [-0.05, 0) is 57.5 Å². The SMILES string of the molecule is Cc1ncsc1C(=O)NC[C@@H]1CN(CC2CCN(CC3CC3)CC2)C(=O)CO1. The van der Waals surface area contributed by atoms with Crippen molar-refractivity contribution in [3.63, 3.8) is 0 Å². The van der Waals surface area contributed by atoms with Crippen molar-refractivity contribution in [2.75, 3.05) is 45.9 Å². The Hall–Kier alpha value is -1.51. The average molecular weight is 407 g/mol. The third-order valence-electron chi connectivity index (χ3n) is 6.06. The number of nitrogens with one attached hydrogen (secondary N) is 1. The molecule has 1 N–H and O–H groups in total. The second kappa shape index (κ2) is 8.88. The minimum absolute atomic E-state index is 0.0706. The van der Waals surface area contributed by atoms with Crippen LogP contribution >= 0.6 is 11.3 Å². The van der Waals surface area contributed by atoms with Crippen LogP contribution in [0.3, 0.4) is 0 Å². The Bertz CT molecular complexity index is 697. The smallest absolute Gasteiger partial charge is 0.263 e. The fraction of sp³-hybridized carbons (Fsp3) is 0.750. The summed E-state index contributed by atoms with van der Waals surface area (Å²) >= 11 is 1.34. The molecule has 1 aliphatic carbocycles. The van der Waals surface area contributed by atoms with Crippen LogP contribution < -0.4 is 5.32 Å². The Morgan fingerprint density at radius 2 is 2.00 bits per heavy atom. The van der Waals surface area contributed by atoms with E-state index in [1.807, 2.05) is 11.8 Å². The number of likely N-dealkylation sites (tertiary alicyclic amines) is 1. The molecule has 8 heteroatoms. The molecule has 0 unspecified atom stereocenters. The summed E-state index contributed by atoms with van der Waals surface area (Å²) < 4.78 is 5.65. The fourth-order valence-electron chi connectivity index (χ4n) is 4.12. The molecule has 1 atom stereocenters. The summed E-state index contributed by atoms with van der Waals surface area (Å²) in [6.45, 7) is 7.32. The van der Waals surface area contributed by atoms with Gasteiger partial charge < -0.3 is 19.9 Å². The first kappa shape index (κ1) is 19.8. The van der Waals surface area contributed by atoms with Crippen molar-refractivity contribution in [3.05, 3.63) is 16.1 Å². The number of nitrogens with zero attached hydrogens (tertiary/aromatic N) is 3. The van der Waals surface area contributed by atoms with E-state index in [4.69, 9.17) is 4.74 Å². The number of ether oxygens (including phenoxy) is 1. The number of aryl methyl sites for hydroxylation is 1. The minimum atomic E-state index is -0.148. The number of thiazole rings is 1. The van der Waals surface area contributed by atoms with Crippen molar-refractivity contribution in [3.8, 4) is 0 Å². The predicted octanol–water partition coefficient (Wildman–Crippen LogP) is 1.53. The standard InChI is InChI=1S/C20H30N4O3S/c1-14-19(28-13-22-14)20(26)21-8-17-11-24(18(25)12-27-17)10-16-4-6-23(7-5-16)9-15-2-3-15/h13,15-17H,2-12H2,1H3,(H,21,26)/t17-/m1/s1. The highest BCUT2D eigenvalue weighted by molar-refractivity contribution is 7.11. The lowest BCUT2D eigenvalue weighted by Crippen LogP contribution is -2.52. The summed E-state index contributed by atoms with van der Waals surface area (Å²) in [5.74, 6) is 1.48. The van der Waals surface area contributed by atoms with E-state index in [1.54, 1.807) is 5.51 Å². The molecule has 2 amide bonds. The highest BCUT2D eigenvalue weighted by Crippen LogP contribution is 2.31. The van der Waals surface area contributed by atoms with E-state index in [9.17, 15) is 9.59 Å². The van der Waals surface area contributed by atoms with Crippen molar-refractivity contribution < 1.29 is 14.3 Å². The van der Waals surface area contributed by atoms with E-state index in [2.05, 4.69) is 15.2 Å². The number of aromatic nitrogens is 1. The van der Waals surface area contributed by atoms with Crippen molar-refractivity contribution >= 4 is 23.2 Å². The van der Waals surface area contributed by atoms with Crippen LogP contribution in [0.15, 0.2) is 5.51 Å². The molecule has 2 saturated heterocycles. The van der Waals surface area contributed by atoms with Crippen LogP contribution in [0.1, 0.15) is 41.0 Å². The topological polar surface area (TPSA) is 74.8 Å². The first-order chi connectivity index (χ1) is 13.6. The molecule has 154 valence electrons. The molecule has 2 aliphatic heterocycles. The van der Waals surface area contributed by atoms with Gasteiger partial charge in [-0.25, -0.2) is 4.98 Å². The Labute approximate surface area is 170 Å². The van der Waals surface area contributed by atoms with Crippen molar-refractivity contribution in [1.82, 2.24) is 20.1 Å². The number of carbonyl (C=O) groups is 2. The summed E-state index contributed by atoms with van der Waals surface area (Å²) in [5.41, 5.74) is 2.43. The molecule has 0 spiro atoms. The number of rotatable bonds is 7. The predicted molar refractivity (Wildman–Crippen MR) is 107 cm³/mol. The zero-order chi connectivity index (χ0) is 19.5. The van der Waals surface area contributed by atoms with E-state index < -0.39 is 0 Å². The monoisotopic (exact) mass is 406 g/mol. The summed E-state index contributed by atoms with van der Waals surface area (Å²) in [5, 5.41) is 2.93. The lowest BCUT2D eigenvalue weighted by molar-refractivity contribution is -0.149. The van der Waals surface area contributed by atoms with Gasteiger partial charge in [0.25, 0.3) is 5.91 Å². The van der Waals surface area contributed by atoms with Gasteiger partial charge in [-0.2, -0.15) is 0 Å². The van der Waals surface area contributed by atoms with Crippen LogP contribution in [-0.2, 0) is 9.53 Å². The Kier molecular flexibility index (Phi) is 6.28. The van der Waals surface area contributed by atoms with Gasteiger partial charge in [-0.1, -0.05) is 0 Å². The molecule has 7 nitrogen and oxygen atoms in total. The molecule has 1 aromatic heterocycles. The maximum absolute atomic E-state index is 12.3. The Balaban J connectivity index is 1.21. The van der Waals surface area contributed by atoms with Crippen LogP contribution in [-0.4, -0.2) is 78.6 Å². The van der Waals surface area contributed by atoms with Crippen LogP contribution in [0.25, 0.3) is 0 Å². The number of piperidine rings is 1. The molecule has 0 aromatic carbocycles. The van der Waals surface area contributed by atoms with Gasteiger partial charge in [0.15, 0.2) is 0 Å².